The summed E-state index contributed by atoms with van der Waals surface area (Å²) in [5, 5.41) is 5.46. The van der Waals surface area contributed by atoms with E-state index in [4.69, 9.17) is 7.16 Å². The second-order valence-electron chi connectivity index (χ2n) is 12.3. The van der Waals surface area contributed by atoms with Gasteiger partial charge in [-0.15, -0.1) is 0 Å². The molecule has 0 atom stereocenters. The molecule has 0 aliphatic rings. The maximum absolute atomic E-state index is 9.88. The van der Waals surface area contributed by atoms with Crippen molar-refractivity contribution >= 4 is 54.3 Å². The van der Waals surface area contributed by atoms with Gasteiger partial charge in [0.25, 0.3) is 0 Å². The Balaban J connectivity index is 1.38. The average Bonchev–Trinajstić information content (AvgIpc) is 3.62. The highest BCUT2D eigenvalue weighted by atomic mass is 16.3. The molecule has 1 nitrogen and oxygen atoms in total. The number of hydrogen-bond donors (Lipinski definition) is 0. The highest BCUT2D eigenvalue weighted by molar-refractivity contribution is 6.25. The monoisotopic (exact) mass is 628 g/mol. The van der Waals surface area contributed by atoms with Crippen LogP contribution in [0.4, 0.5) is 0 Å². The van der Waals surface area contributed by atoms with Crippen LogP contribution in [0.25, 0.3) is 98.8 Å². The Morgan fingerprint density at radius 2 is 0.857 bits per heavy atom. The van der Waals surface area contributed by atoms with E-state index in [1.54, 1.807) is 0 Å². The van der Waals surface area contributed by atoms with E-state index in [0.29, 0.717) is 33.2 Å². The Kier molecular flexibility index (Phi) is 5.02. The van der Waals surface area contributed by atoms with Crippen molar-refractivity contribution in [3.63, 3.8) is 0 Å². The highest BCUT2D eigenvalue weighted by Gasteiger charge is 2.21. The van der Waals surface area contributed by atoms with Crippen LogP contribution in [0.5, 0.6) is 0 Å². The fraction of sp³-hybridized carbons (Fsp3) is 0. The smallest absolute Gasteiger partial charge is 0.143 e. The summed E-state index contributed by atoms with van der Waals surface area (Å²) in [6.07, 6.45) is 0. The number of benzene rings is 9. The maximum Gasteiger partial charge on any atom is 0.143 e. The van der Waals surface area contributed by atoms with Gasteiger partial charge in [-0.1, -0.05) is 176 Å². The molecule has 0 bridgehead atoms. The minimum Gasteiger partial charge on any atom is -0.455 e. The molecule has 0 N–H and O–H groups in total. The van der Waals surface area contributed by atoms with Crippen molar-refractivity contribution in [3.05, 3.63) is 182 Å². The van der Waals surface area contributed by atoms with Crippen LogP contribution in [0.3, 0.4) is 0 Å². The summed E-state index contributed by atoms with van der Waals surface area (Å²) in [6.45, 7) is 0. The van der Waals surface area contributed by atoms with Gasteiger partial charge in [0.05, 0.1) is 8.22 Å². The van der Waals surface area contributed by atoms with E-state index in [1.165, 1.54) is 0 Å². The molecule has 1 aromatic heterocycles. The molecule has 10 rings (SSSR count). The van der Waals surface area contributed by atoms with Gasteiger partial charge in [-0.3, -0.25) is 0 Å². The molecular formula is C48H30O. The normalized spacial score (nSPS) is 13.4. The summed E-state index contributed by atoms with van der Waals surface area (Å²) in [6, 6.07) is 46.1. The number of para-hydroxylation sites is 1. The summed E-state index contributed by atoms with van der Waals surface area (Å²) in [7, 11) is 0. The molecule has 49 heavy (non-hydrogen) atoms. The van der Waals surface area contributed by atoms with E-state index in [2.05, 4.69) is 24.3 Å². The second-order valence-corrected chi connectivity index (χ2v) is 12.3. The second kappa shape index (κ2) is 11.1. The van der Waals surface area contributed by atoms with Gasteiger partial charge in [-0.05, 0) is 77.3 Å². The van der Waals surface area contributed by atoms with Crippen LogP contribution in [-0.4, -0.2) is 0 Å². The molecule has 228 valence electrons. The summed E-state index contributed by atoms with van der Waals surface area (Å²) >= 11 is 0. The van der Waals surface area contributed by atoms with Gasteiger partial charge in [-0.2, -0.15) is 0 Å². The van der Waals surface area contributed by atoms with Gasteiger partial charge in [0.15, 0.2) is 0 Å². The third kappa shape index (κ3) is 4.26. The van der Waals surface area contributed by atoms with E-state index >= 15 is 0 Å². The zero-order chi connectivity index (χ0) is 37.5. The zero-order valence-electron chi connectivity index (χ0n) is 32.3. The molecule has 10 aromatic rings. The van der Waals surface area contributed by atoms with Crippen molar-refractivity contribution in [2.24, 2.45) is 0 Å². The van der Waals surface area contributed by atoms with E-state index in [9.17, 15) is 5.48 Å². The predicted octanol–water partition coefficient (Wildman–Crippen LogP) is 13.7. The number of furan rings is 1. The SMILES string of the molecule is [2H]c1c([2H])c([2H])c2c(-c3cccc4oc5c(-c6ccccc6)cccc5c34)c([2H])c([2H])c(-c3c4ccccc4c(-c4ccccc4)c4ccccc34)c2c1[2H]. The first-order valence-corrected chi connectivity index (χ1v) is 16.4. The third-order valence-electron chi connectivity index (χ3n) is 9.62. The summed E-state index contributed by atoms with van der Waals surface area (Å²) < 4.78 is 63.0. The molecule has 0 fully saturated rings. The number of hydrogen-bond acceptors (Lipinski definition) is 1. The van der Waals surface area contributed by atoms with Crippen LogP contribution in [-0.2, 0) is 0 Å². The minimum atomic E-state index is -0.397. The van der Waals surface area contributed by atoms with Crippen molar-refractivity contribution < 1.29 is 12.6 Å². The summed E-state index contributed by atoms with van der Waals surface area (Å²) in [5.41, 5.74) is 7.01. The van der Waals surface area contributed by atoms with Crippen molar-refractivity contribution in [2.75, 3.05) is 0 Å². The zero-order valence-corrected chi connectivity index (χ0v) is 26.3. The van der Waals surface area contributed by atoms with E-state index < -0.39 is 12.1 Å². The lowest BCUT2D eigenvalue weighted by Gasteiger charge is -2.19. The lowest BCUT2D eigenvalue weighted by Crippen LogP contribution is -1.92. The third-order valence-corrected chi connectivity index (χ3v) is 9.62. The van der Waals surface area contributed by atoms with Gasteiger partial charge in [0.1, 0.15) is 11.2 Å². The van der Waals surface area contributed by atoms with Crippen LogP contribution < -0.4 is 0 Å². The Bertz CT molecular complexity index is 3150. The summed E-state index contributed by atoms with van der Waals surface area (Å²) in [4.78, 5) is 0. The molecule has 0 saturated heterocycles. The highest BCUT2D eigenvalue weighted by Crippen LogP contribution is 2.48. The summed E-state index contributed by atoms with van der Waals surface area (Å²) in [5.74, 6) is 0. The first-order valence-electron chi connectivity index (χ1n) is 19.4. The van der Waals surface area contributed by atoms with E-state index in [-0.39, 0.29) is 40.5 Å². The standard InChI is InChI=1S/C48H30O/c1-3-15-31(16-4-1)33-25-13-27-43-47-37(26-14-28-44(47)49-48(33)43)36-29-30-42(35-20-8-7-19-34(35)36)46-40-23-11-9-21-38(40)45(32-17-5-2-6-18-32)39-22-10-12-24-41(39)46/h1-30H/i7D,8D,19D,20D,29D,30D. The molecular weight excluding hydrogens is 593 g/mol. The Morgan fingerprint density at radius 3 is 1.53 bits per heavy atom. The molecule has 0 unspecified atom stereocenters. The maximum atomic E-state index is 9.88. The molecule has 0 spiro atoms. The average molecular weight is 629 g/mol. The van der Waals surface area contributed by atoms with Crippen LogP contribution >= 0.6 is 0 Å². The van der Waals surface area contributed by atoms with Crippen molar-refractivity contribution in [1.82, 2.24) is 0 Å². The number of fused-ring (bicyclic) bond motifs is 6. The first kappa shape index (κ1) is 22.2. The topological polar surface area (TPSA) is 13.1 Å². The lowest BCUT2D eigenvalue weighted by atomic mass is 9.83. The molecule has 0 radical (unpaired) electrons. The van der Waals surface area contributed by atoms with Crippen molar-refractivity contribution in [2.45, 2.75) is 0 Å². The largest absolute Gasteiger partial charge is 0.455 e. The predicted molar refractivity (Wildman–Crippen MR) is 208 cm³/mol. The van der Waals surface area contributed by atoms with Crippen LogP contribution in [0.1, 0.15) is 8.22 Å². The number of rotatable bonds is 4. The molecule has 0 aliphatic carbocycles. The van der Waals surface area contributed by atoms with Gasteiger partial charge < -0.3 is 4.42 Å². The fourth-order valence-electron chi connectivity index (χ4n) is 7.54. The Morgan fingerprint density at radius 1 is 0.347 bits per heavy atom. The Labute approximate surface area is 292 Å². The van der Waals surface area contributed by atoms with E-state index in [0.717, 1.165) is 49.2 Å². The van der Waals surface area contributed by atoms with Gasteiger partial charge in [0, 0.05) is 16.3 Å². The van der Waals surface area contributed by atoms with Crippen LogP contribution in [0.15, 0.2) is 186 Å². The van der Waals surface area contributed by atoms with Gasteiger partial charge in [-0.25, -0.2) is 0 Å². The quantitative estimate of drug-likeness (QED) is 0.177. The van der Waals surface area contributed by atoms with Crippen LogP contribution in [0.2, 0.25) is 0 Å². The molecule has 9 aromatic carbocycles. The fourth-order valence-corrected chi connectivity index (χ4v) is 7.54. The van der Waals surface area contributed by atoms with Crippen molar-refractivity contribution in [1.29, 1.82) is 0 Å². The molecule has 0 amide bonds. The molecule has 0 aliphatic heterocycles. The molecule has 1 heterocycles. The molecule has 1 heteroatoms. The first-order chi connectivity index (χ1) is 26.8. The minimum absolute atomic E-state index is 0.120. The van der Waals surface area contributed by atoms with E-state index in [1.807, 2.05) is 121 Å². The lowest BCUT2D eigenvalue weighted by molar-refractivity contribution is 0.670. The van der Waals surface area contributed by atoms with Gasteiger partial charge >= 0.3 is 0 Å². The van der Waals surface area contributed by atoms with Gasteiger partial charge in [0.2, 0.25) is 0 Å². The molecule has 0 saturated carbocycles. The van der Waals surface area contributed by atoms with Crippen LogP contribution in [0, 0.1) is 0 Å². The Hall–Kier alpha value is -6.44. The van der Waals surface area contributed by atoms with Crippen molar-refractivity contribution in [3.8, 4) is 44.5 Å².